The van der Waals surface area contributed by atoms with Gasteiger partial charge in [-0.25, -0.2) is 0 Å². The number of hydrogen-bond acceptors (Lipinski definition) is 4. The van der Waals surface area contributed by atoms with Crippen molar-refractivity contribution >= 4 is 5.91 Å². The van der Waals surface area contributed by atoms with Crippen LogP contribution < -0.4 is 0 Å². The van der Waals surface area contributed by atoms with Gasteiger partial charge < -0.3 is 14.5 Å². The number of carbonyl (C=O) groups excluding carboxylic acids is 1. The quantitative estimate of drug-likeness (QED) is 0.726. The Morgan fingerprint density at radius 3 is 2.52 bits per heavy atom. The monoisotopic (exact) mass is 349 g/mol. The van der Waals surface area contributed by atoms with E-state index in [2.05, 4.69) is 36.6 Å². The molecule has 0 aromatic carbocycles. The molecule has 1 aliphatic carbocycles. The van der Waals surface area contributed by atoms with Crippen LogP contribution in [-0.2, 0) is 9.53 Å². The van der Waals surface area contributed by atoms with Crippen molar-refractivity contribution < 1.29 is 9.53 Å². The summed E-state index contributed by atoms with van der Waals surface area (Å²) in [5, 5.41) is 0. The van der Waals surface area contributed by atoms with Gasteiger partial charge in [-0.1, -0.05) is 18.6 Å². The minimum atomic E-state index is -0.00418. The van der Waals surface area contributed by atoms with Crippen molar-refractivity contribution in [2.75, 3.05) is 59.0 Å². The van der Waals surface area contributed by atoms with Crippen LogP contribution in [0.5, 0.6) is 0 Å². The minimum Gasteiger partial charge on any atom is -0.378 e. The number of rotatable bonds is 4. The van der Waals surface area contributed by atoms with Gasteiger partial charge in [0.2, 0.25) is 5.91 Å². The molecule has 0 saturated carbocycles. The third-order valence-corrected chi connectivity index (χ3v) is 6.45. The van der Waals surface area contributed by atoms with E-state index in [0.717, 1.165) is 45.2 Å². The highest BCUT2D eigenvalue weighted by Gasteiger charge is 2.31. The lowest BCUT2D eigenvalue weighted by Crippen LogP contribution is -2.56. The molecule has 0 N–H and O–H groups in total. The Labute approximate surface area is 153 Å². The van der Waals surface area contributed by atoms with Crippen molar-refractivity contribution in [3.8, 4) is 0 Å². The largest absolute Gasteiger partial charge is 0.378 e. The Morgan fingerprint density at radius 1 is 1.20 bits per heavy atom. The van der Waals surface area contributed by atoms with E-state index in [1.54, 1.807) is 5.57 Å². The van der Waals surface area contributed by atoms with Gasteiger partial charge in [0.25, 0.3) is 0 Å². The van der Waals surface area contributed by atoms with Gasteiger partial charge in [-0.3, -0.25) is 9.69 Å². The molecule has 5 heteroatoms. The molecular weight excluding hydrogens is 314 g/mol. The fraction of sp³-hybridized carbons (Fsp3) is 0.850. The van der Waals surface area contributed by atoms with Gasteiger partial charge in [0.1, 0.15) is 0 Å². The standard InChI is InChI=1S/C20H35N3O2/c1-16-5-4-6-17(2)19(16)15-21-7-9-22(10-8-21)18(3)20(24)23-11-13-25-14-12-23/h5,17-19H,4,6-15H2,1-3H3/t17-,18+,19+/m0/s1. The second-order valence-electron chi connectivity index (χ2n) is 8.06. The maximum Gasteiger partial charge on any atom is 0.239 e. The zero-order valence-electron chi connectivity index (χ0n) is 16.2. The van der Waals surface area contributed by atoms with E-state index in [4.69, 9.17) is 4.74 Å². The number of amides is 1. The highest BCUT2D eigenvalue weighted by Crippen LogP contribution is 2.31. The first-order valence-corrected chi connectivity index (χ1v) is 10.1. The molecule has 3 aliphatic rings. The zero-order chi connectivity index (χ0) is 17.8. The van der Waals surface area contributed by atoms with Crippen LogP contribution in [-0.4, -0.2) is 85.7 Å². The summed E-state index contributed by atoms with van der Waals surface area (Å²) in [5.41, 5.74) is 1.58. The first kappa shape index (κ1) is 18.9. The van der Waals surface area contributed by atoms with Gasteiger partial charge >= 0.3 is 0 Å². The summed E-state index contributed by atoms with van der Waals surface area (Å²) >= 11 is 0. The molecular formula is C20H35N3O2. The number of carbonyl (C=O) groups is 1. The number of hydrogen-bond donors (Lipinski definition) is 0. The predicted octanol–water partition coefficient (Wildman–Crippen LogP) is 1.84. The van der Waals surface area contributed by atoms with Gasteiger partial charge in [-0.05, 0) is 38.5 Å². The van der Waals surface area contributed by atoms with Crippen molar-refractivity contribution in [1.82, 2.24) is 14.7 Å². The molecule has 0 radical (unpaired) electrons. The summed E-state index contributed by atoms with van der Waals surface area (Å²) in [6, 6.07) is -0.00418. The molecule has 2 heterocycles. The second-order valence-corrected chi connectivity index (χ2v) is 8.06. The Morgan fingerprint density at radius 2 is 1.88 bits per heavy atom. The van der Waals surface area contributed by atoms with E-state index in [1.807, 2.05) is 4.90 Å². The molecule has 0 bridgehead atoms. The Hall–Kier alpha value is -0.910. The first-order valence-electron chi connectivity index (χ1n) is 10.1. The fourth-order valence-electron chi connectivity index (χ4n) is 4.51. The summed E-state index contributed by atoms with van der Waals surface area (Å²) < 4.78 is 5.36. The molecule has 142 valence electrons. The number of nitrogens with zero attached hydrogens (tertiary/aromatic N) is 3. The summed E-state index contributed by atoms with van der Waals surface area (Å²) in [6.45, 7) is 15.0. The molecule has 0 spiro atoms. The molecule has 25 heavy (non-hydrogen) atoms. The van der Waals surface area contributed by atoms with E-state index in [9.17, 15) is 4.79 Å². The summed E-state index contributed by atoms with van der Waals surface area (Å²) in [6.07, 6.45) is 5.01. The number of allylic oxidation sites excluding steroid dienone is 1. The maximum absolute atomic E-state index is 12.7. The van der Waals surface area contributed by atoms with Crippen LogP contribution in [0.15, 0.2) is 11.6 Å². The molecule has 3 rings (SSSR count). The topological polar surface area (TPSA) is 36.0 Å². The highest BCUT2D eigenvalue weighted by molar-refractivity contribution is 5.81. The SMILES string of the molecule is CC1=CCC[C@H](C)[C@@H]1CN1CCN([C@H](C)C(=O)N2CCOCC2)CC1. The molecule has 5 nitrogen and oxygen atoms in total. The van der Waals surface area contributed by atoms with Crippen molar-refractivity contribution in [1.29, 1.82) is 0 Å². The van der Waals surface area contributed by atoms with Crippen LogP contribution in [0.25, 0.3) is 0 Å². The van der Waals surface area contributed by atoms with Crippen molar-refractivity contribution in [2.45, 2.75) is 39.7 Å². The van der Waals surface area contributed by atoms with Gasteiger partial charge in [0, 0.05) is 45.8 Å². The van der Waals surface area contributed by atoms with E-state index in [1.165, 1.54) is 19.4 Å². The third-order valence-electron chi connectivity index (χ3n) is 6.45. The Bertz CT molecular complexity index is 479. The van der Waals surface area contributed by atoms with Crippen molar-refractivity contribution in [2.24, 2.45) is 11.8 Å². The molecule has 0 aromatic rings. The van der Waals surface area contributed by atoms with Crippen LogP contribution in [0.3, 0.4) is 0 Å². The van der Waals surface area contributed by atoms with Crippen molar-refractivity contribution in [3.63, 3.8) is 0 Å². The first-order chi connectivity index (χ1) is 12.1. The van der Waals surface area contributed by atoms with Crippen LogP contribution in [0.4, 0.5) is 0 Å². The number of morpholine rings is 1. The number of piperazine rings is 1. The van der Waals surface area contributed by atoms with Crippen molar-refractivity contribution in [3.05, 3.63) is 11.6 Å². The Balaban J connectivity index is 1.47. The second kappa shape index (κ2) is 8.65. The zero-order valence-corrected chi connectivity index (χ0v) is 16.2. The minimum absolute atomic E-state index is 0.00418. The Kier molecular flexibility index (Phi) is 6.53. The number of ether oxygens (including phenoxy) is 1. The lowest BCUT2D eigenvalue weighted by molar-refractivity contribution is -0.141. The van der Waals surface area contributed by atoms with Gasteiger partial charge in [0.05, 0.1) is 19.3 Å². The molecule has 2 fully saturated rings. The molecule has 1 amide bonds. The maximum atomic E-state index is 12.7. The average molecular weight is 350 g/mol. The fourth-order valence-corrected chi connectivity index (χ4v) is 4.51. The van der Waals surface area contributed by atoms with Crippen LogP contribution in [0.1, 0.15) is 33.6 Å². The predicted molar refractivity (Wildman–Crippen MR) is 101 cm³/mol. The highest BCUT2D eigenvalue weighted by atomic mass is 16.5. The van der Waals surface area contributed by atoms with E-state index in [-0.39, 0.29) is 11.9 Å². The normalized spacial score (nSPS) is 30.8. The van der Waals surface area contributed by atoms with Crippen LogP contribution in [0.2, 0.25) is 0 Å². The molecule has 3 atom stereocenters. The van der Waals surface area contributed by atoms with E-state index < -0.39 is 0 Å². The van der Waals surface area contributed by atoms with Gasteiger partial charge in [-0.15, -0.1) is 0 Å². The smallest absolute Gasteiger partial charge is 0.239 e. The molecule has 0 unspecified atom stereocenters. The van der Waals surface area contributed by atoms with E-state index >= 15 is 0 Å². The lowest BCUT2D eigenvalue weighted by atomic mass is 9.79. The van der Waals surface area contributed by atoms with Crippen LogP contribution >= 0.6 is 0 Å². The molecule has 2 aliphatic heterocycles. The summed E-state index contributed by atoms with van der Waals surface area (Å²) in [4.78, 5) is 19.6. The lowest BCUT2D eigenvalue weighted by Gasteiger charge is -2.41. The third kappa shape index (κ3) is 4.63. The van der Waals surface area contributed by atoms with Gasteiger partial charge in [0.15, 0.2) is 0 Å². The molecule has 0 aromatic heterocycles. The van der Waals surface area contributed by atoms with E-state index in [0.29, 0.717) is 19.1 Å². The summed E-state index contributed by atoms with van der Waals surface area (Å²) in [5.74, 6) is 1.79. The van der Waals surface area contributed by atoms with Gasteiger partial charge in [-0.2, -0.15) is 0 Å². The van der Waals surface area contributed by atoms with Crippen LogP contribution in [0, 0.1) is 11.8 Å². The molecule has 2 saturated heterocycles. The average Bonchev–Trinajstić information content (AvgIpc) is 2.65. The summed E-state index contributed by atoms with van der Waals surface area (Å²) in [7, 11) is 0.